The highest BCUT2D eigenvalue weighted by Gasteiger charge is 2.05. The van der Waals surface area contributed by atoms with Gasteiger partial charge in [-0.1, -0.05) is 30.5 Å². The van der Waals surface area contributed by atoms with Crippen molar-refractivity contribution < 1.29 is 4.79 Å². The van der Waals surface area contributed by atoms with Gasteiger partial charge in [-0.2, -0.15) is 0 Å². The van der Waals surface area contributed by atoms with E-state index in [4.69, 9.17) is 11.6 Å². The number of amides is 1. The van der Waals surface area contributed by atoms with Gasteiger partial charge in [0.25, 0.3) is 0 Å². The molecule has 0 bridgehead atoms. The van der Waals surface area contributed by atoms with Crippen LogP contribution < -0.4 is 5.32 Å². The van der Waals surface area contributed by atoms with Gasteiger partial charge in [0.2, 0.25) is 5.91 Å². The number of unbranched alkanes of at least 4 members (excludes halogenated alkanes) is 3. The summed E-state index contributed by atoms with van der Waals surface area (Å²) in [7, 11) is 1.68. The largest absolute Gasteiger partial charge is 0.359 e. The molecular formula is C18H24ClN3O. The Morgan fingerprint density at radius 1 is 1.26 bits per heavy atom. The summed E-state index contributed by atoms with van der Waals surface area (Å²) >= 11 is 6.06. The van der Waals surface area contributed by atoms with E-state index in [1.807, 2.05) is 25.3 Å². The molecule has 0 unspecified atom stereocenters. The van der Waals surface area contributed by atoms with Crippen LogP contribution in [0, 0.1) is 6.92 Å². The lowest BCUT2D eigenvalue weighted by Gasteiger charge is -2.02. The number of carbonyl (C=O) groups excluding carboxylic acids is 1. The van der Waals surface area contributed by atoms with Crippen molar-refractivity contribution >= 4 is 17.5 Å². The fourth-order valence-corrected chi connectivity index (χ4v) is 2.62. The minimum Gasteiger partial charge on any atom is -0.359 e. The Morgan fingerprint density at radius 3 is 2.78 bits per heavy atom. The first-order valence-corrected chi connectivity index (χ1v) is 8.49. The standard InChI is InChI=1S/C18H24ClN3O/c1-13-11-14(9-10-15(13)19)16-12-21-17(22-16)7-5-3-4-6-8-18(23)20-2/h9-12H,3-8H2,1-2H3,(H,20,23)(H,21,22). The van der Waals surface area contributed by atoms with Crippen LogP contribution in [0.15, 0.2) is 24.4 Å². The van der Waals surface area contributed by atoms with E-state index in [-0.39, 0.29) is 5.91 Å². The van der Waals surface area contributed by atoms with E-state index in [0.717, 1.165) is 59.8 Å². The van der Waals surface area contributed by atoms with Crippen molar-refractivity contribution in [2.45, 2.75) is 45.4 Å². The van der Waals surface area contributed by atoms with E-state index in [9.17, 15) is 4.79 Å². The second-order valence-electron chi connectivity index (χ2n) is 5.79. The van der Waals surface area contributed by atoms with Crippen LogP contribution in [0.2, 0.25) is 5.02 Å². The van der Waals surface area contributed by atoms with Gasteiger partial charge in [0.05, 0.1) is 11.9 Å². The van der Waals surface area contributed by atoms with Crippen LogP contribution >= 0.6 is 11.6 Å². The van der Waals surface area contributed by atoms with Gasteiger partial charge < -0.3 is 10.3 Å². The summed E-state index contributed by atoms with van der Waals surface area (Å²) in [6.07, 6.45) is 7.67. The summed E-state index contributed by atoms with van der Waals surface area (Å²) in [5.74, 6) is 1.14. The number of aromatic amines is 1. The zero-order valence-electron chi connectivity index (χ0n) is 13.8. The molecule has 4 nitrogen and oxygen atoms in total. The van der Waals surface area contributed by atoms with Gasteiger partial charge in [-0.25, -0.2) is 4.98 Å². The Bertz CT molecular complexity index is 651. The fourth-order valence-electron chi connectivity index (χ4n) is 2.51. The number of hydrogen-bond acceptors (Lipinski definition) is 2. The molecular weight excluding hydrogens is 310 g/mol. The van der Waals surface area contributed by atoms with E-state index in [1.54, 1.807) is 7.05 Å². The first-order chi connectivity index (χ1) is 11.1. The summed E-state index contributed by atoms with van der Waals surface area (Å²) in [5, 5.41) is 3.43. The molecule has 0 spiro atoms. The molecule has 2 aromatic rings. The van der Waals surface area contributed by atoms with Crippen molar-refractivity contribution in [3.05, 3.63) is 40.8 Å². The molecule has 0 fully saturated rings. The number of carbonyl (C=O) groups is 1. The zero-order valence-corrected chi connectivity index (χ0v) is 14.5. The van der Waals surface area contributed by atoms with Crippen LogP contribution in [0.3, 0.4) is 0 Å². The molecule has 0 atom stereocenters. The Morgan fingerprint density at radius 2 is 2.04 bits per heavy atom. The van der Waals surface area contributed by atoms with E-state index in [1.165, 1.54) is 0 Å². The number of aryl methyl sites for hydroxylation is 2. The average molecular weight is 334 g/mol. The molecule has 1 amide bonds. The van der Waals surface area contributed by atoms with Gasteiger partial charge in [-0.3, -0.25) is 4.79 Å². The molecule has 1 heterocycles. The number of benzene rings is 1. The quantitative estimate of drug-likeness (QED) is 0.708. The number of aromatic nitrogens is 2. The molecule has 5 heteroatoms. The van der Waals surface area contributed by atoms with Crippen LogP contribution in [0.5, 0.6) is 0 Å². The number of H-pyrrole nitrogens is 1. The summed E-state index contributed by atoms with van der Waals surface area (Å²) in [5.41, 5.74) is 3.20. The number of imidazole rings is 1. The molecule has 0 aliphatic heterocycles. The number of hydrogen-bond donors (Lipinski definition) is 2. The maximum Gasteiger partial charge on any atom is 0.219 e. The fraction of sp³-hybridized carbons (Fsp3) is 0.444. The predicted molar refractivity (Wildman–Crippen MR) is 94.6 cm³/mol. The van der Waals surface area contributed by atoms with E-state index in [0.29, 0.717) is 6.42 Å². The van der Waals surface area contributed by atoms with Gasteiger partial charge in [0.1, 0.15) is 5.82 Å². The molecule has 0 aliphatic rings. The molecule has 2 rings (SSSR count). The lowest BCUT2D eigenvalue weighted by atomic mass is 10.1. The molecule has 0 saturated heterocycles. The minimum absolute atomic E-state index is 0.124. The van der Waals surface area contributed by atoms with Crippen molar-refractivity contribution in [3.63, 3.8) is 0 Å². The van der Waals surface area contributed by atoms with Crippen molar-refractivity contribution in [1.29, 1.82) is 0 Å². The summed E-state index contributed by atoms with van der Waals surface area (Å²) in [6.45, 7) is 2.00. The normalized spacial score (nSPS) is 10.7. The lowest BCUT2D eigenvalue weighted by Crippen LogP contribution is -2.16. The van der Waals surface area contributed by atoms with E-state index >= 15 is 0 Å². The maximum atomic E-state index is 11.1. The van der Waals surface area contributed by atoms with E-state index in [2.05, 4.69) is 21.4 Å². The minimum atomic E-state index is 0.124. The third-order valence-corrected chi connectivity index (χ3v) is 4.37. The molecule has 1 aromatic carbocycles. The molecule has 1 aromatic heterocycles. The Labute approximate surface area is 142 Å². The van der Waals surface area contributed by atoms with Crippen LogP contribution in [0.25, 0.3) is 11.3 Å². The summed E-state index contributed by atoms with van der Waals surface area (Å²) in [6, 6.07) is 5.99. The Kier molecular flexibility index (Phi) is 6.66. The number of nitrogens with zero attached hydrogens (tertiary/aromatic N) is 1. The predicted octanol–water partition coefficient (Wildman–Crippen LogP) is 4.28. The highest BCUT2D eigenvalue weighted by molar-refractivity contribution is 6.31. The smallest absolute Gasteiger partial charge is 0.219 e. The topological polar surface area (TPSA) is 57.8 Å². The average Bonchev–Trinajstić information content (AvgIpc) is 3.02. The molecule has 23 heavy (non-hydrogen) atoms. The zero-order chi connectivity index (χ0) is 16.7. The molecule has 124 valence electrons. The van der Waals surface area contributed by atoms with Gasteiger partial charge in [-0.05, 0) is 43.0 Å². The number of nitrogens with one attached hydrogen (secondary N) is 2. The molecule has 0 aliphatic carbocycles. The lowest BCUT2D eigenvalue weighted by molar-refractivity contribution is -0.120. The van der Waals surface area contributed by atoms with Gasteiger partial charge in [0.15, 0.2) is 0 Å². The van der Waals surface area contributed by atoms with Crippen molar-refractivity contribution in [2.75, 3.05) is 7.05 Å². The van der Waals surface area contributed by atoms with Gasteiger partial charge >= 0.3 is 0 Å². The Balaban J connectivity index is 1.76. The first-order valence-electron chi connectivity index (χ1n) is 8.11. The molecule has 0 saturated carbocycles. The van der Waals surface area contributed by atoms with Crippen molar-refractivity contribution in [3.8, 4) is 11.3 Å². The molecule has 0 radical (unpaired) electrons. The Hall–Kier alpha value is -1.81. The van der Waals surface area contributed by atoms with Crippen LogP contribution in [-0.4, -0.2) is 22.9 Å². The van der Waals surface area contributed by atoms with Crippen LogP contribution in [0.1, 0.15) is 43.5 Å². The SMILES string of the molecule is CNC(=O)CCCCCCc1ncc(-c2ccc(Cl)c(C)c2)[nH]1. The van der Waals surface area contributed by atoms with E-state index < -0.39 is 0 Å². The van der Waals surface area contributed by atoms with Crippen LogP contribution in [-0.2, 0) is 11.2 Å². The highest BCUT2D eigenvalue weighted by Crippen LogP contribution is 2.23. The second-order valence-corrected chi connectivity index (χ2v) is 6.20. The van der Waals surface area contributed by atoms with Gasteiger partial charge in [-0.15, -0.1) is 0 Å². The summed E-state index contributed by atoms with van der Waals surface area (Å²) < 4.78 is 0. The van der Waals surface area contributed by atoms with Crippen molar-refractivity contribution in [1.82, 2.24) is 15.3 Å². The monoisotopic (exact) mass is 333 g/mol. The number of halogens is 1. The van der Waals surface area contributed by atoms with Crippen LogP contribution in [0.4, 0.5) is 0 Å². The second kappa shape index (κ2) is 8.73. The molecule has 2 N–H and O–H groups in total. The third kappa shape index (κ3) is 5.39. The van der Waals surface area contributed by atoms with Crippen molar-refractivity contribution in [2.24, 2.45) is 0 Å². The third-order valence-electron chi connectivity index (χ3n) is 3.94. The highest BCUT2D eigenvalue weighted by atomic mass is 35.5. The first kappa shape index (κ1) is 17.5. The summed E-state index contributed by atoms with van der Waals surface area (Å²) in [4.78, 5) is 18.9. The van der Waals surface area contributed by atoms with Gasteiger partial charge in [0, 0.05) is 24.9 Å². The maximum absolute atomic E-state index is 11.1. The number of rotatable bonds is 8.